The summed E-state index contributed by atoms with van der Waals surface area (Å²) in [6.07, 6.45) is 4.86. The highest BCUT2D eigenvalue weighted by Crippen LogP contribution is 2.34. The van der Waals surface area contributed by atoms with Crippen LogP contribution in [0, 0.1) is 0 Å². The lowest BCUT2D eigenvalue weighted by Gasteiger charge is -2.27. The number of hydrogen-bond donors (Lipinski definition) is 1. The van der Waals surface area contributed by atoms with Crippen molar-refractivity contribution < 1.29 is 4.74 Å². The largest absolute Gasteiger partial charge is 0.496 e. The minimum absolute atomic E-state index is 0.527. The van der Waals surface area contributed by atoms with Crippen LogP contribution in [0.4, 0.5) is 0 Å². The molecule has 0 radical (unpaired) electrons. The first-order chi connectivity index (χ1) is 7.86. The third-order valence-corrected chi connectivity index (χ3v) is 3.32. The van der Waals surface area contributed by atoms with Crippen molar-refractivity contribution in [1.29, 1.82) is 0 Å². The Morgan fingerprint density at radius 2 is 2.31 bits per heavy atom. The maximum atomic E-state index is 5.44. The highest BCUT2D eigenvalue weighted by molar-refractivity contribution is 5.43. The first-order valence-electron chi connectivity index (χ1n) is 6.26. The van der Waals surface area contributed by atoms with Crippen molar-refractivity contribution in [1.82, 2.24) is 5.32 Å². The second-order valence-electron chi connectivity index (χ2n) is 4.43. The molecule has 1 aromatic rings. The van der Waals surface area contributed by atoms with E-state index < -0.39 is 0 Å². The van der Waals surface area contributed by atoms with Crippen molar-refractivity contribution in [3.05, 3.63) is 29.3 Å². The van der Waals surface area contributed by atoms with Crippen molar-refractivity contribution in [2.45, 2.75) is 38.6 Å². The smallest absolute Gasteiger partial charge is 0.122 e. The van der Waals surface area contributed by atoms with E-state index in [-0.39, 0.29) is 0 Å². The fourth-order valence-electron chi connectivity index (χ4n) is 2.54. The molecule has 16 heavy (non-hydrogen) atoms. The standard InChI is InChI=1S/C14H21NO/c1-3-10-15-13-8-4-7-12-11(13)6-5-9-14(12)16-2/h5-6,9,13,15H,3-4,7-8,10H2,1-2H3. The SMILES string of the molecule is CCCNC1CCCc2c(OC)cccc21. The Labute approximate surface area is 98.0 Å². The van der Waals surface area contributed by atoms with Crippen LogP contribution < -0.4 is 10.1 Å². The third-order valence-electron chi connectivity index (χ3n) is 3.32. The van der Waals surface area contributed by atoms with Gasteiger partial charge < -0.3 is 10.1 Å². The molecular weight excluding hydrogens is 198 g/mol. The maximum Gasteiger partial charge on any atom is 0.122 e. The van der Waals surface area contributed by atoms with Gasteiger partial charge in [-0.05, 0) is 49.4 Å². The van der Waals surface area contributed by atoms with Gasteiger partial charge in [0, 0.05) is 6.04 Å². The Morgan fingerprint density at radius 1 is 1.44 bits per heavy atom. The van der Waals surface area contributed by atoms with Crippen LogP contribution in [0.5, 0.6) is 5.75 Å². The van der Waals surface area contributed by atoms with E-state index >= 15 is 0 Å². The second kappa shape index (κ2) is 5.35. The van der Waals surface area contributed by atoms with Crippen LogP contribution in [-0.4, -0.2) is 13.7 Å². The number of fused-ring (bicyclic) bond motifs is 1. The zero-order chi connectivity index (χ0) is 11.4. The van der Waals surface area contributed by atoms with Gasteiger partial charge in [0.25, 0.3) is 0 Å². The molecule has 1 N–H and O–H groups in total. The van der Waals surface area contributed by atoms with Crippen molar-refractivity contribution in [2.24, 2.45) is 0 Å². The van der Waals surface area contributed by atoms with E-state index in [1.165, 1.54) is 30.4 Å². The van der Waals surface area contributed by atoms with Gasteiger partial charge in [0.2, 0.25) is 0 Å². The summed E-state index contributed by atoms with van der Waals surface area (Å²) >= 11 is 0. The van der Waals surface area contributed by atoms with Gasteiger partial charge in [-0.1, -0.05) is 19.1 Å². The molecule has 0 saturated heterocycles. The molecule has 88 valence electrons. The van der Waals surface area contributed by atoms with Gasteiger partial charge in [0.1, 0.15) is 5.75 Å². The lowest BCUT2D eigenvalue weighted by molar-refractivity contribution is 0.396. The normalized spacial score (nSPS) is 19.2. The van der Waals surface area contributed by atoms with E-state index in [1.54, 1.807) is 7.11 Å². The van der Waals surface area contributed by atoms with Crippen molar-refractivity contribution in [2.75, 3.05) is 13.7 Å². The molecule has 1 aromatic carbocycles. The van der Waals surface area contributed by atoms with Crippen LogP contribution in [0.1, 0.15) is 43.4 Å². The van der Waals surface area contributed by atoms with Gasteiger partial charge in [0.05, 0.1) is 7.11 Å². The molecule has 0 spiro atoms. The fourth-order valence-corrected chi connectivity index (χ4v) is 2.54. The lowest BCUT2D eigenvalue weighted by atomic mass is 9.87. The second-order valence-corrected chi connectivity index (χ2v) is 4.43. The molecule has 0 fully saturated rings. The van der Waals surface area contributed by atoms with Crippen molar-refractivity contribution in [3.63, 3.8) is 0 Å². The summed E-state index contributed by atoms with van der Waals surface area (Å²) in [5, 5.41) is 3.62. The summed E-state index contributed by atoms with van der Waals surface area (Å²) in [5.74, 6) is 1.06. The predicted octanol–water partition coefficient (Wildman–Crippen LogP) is 3.07. The molecule has 0 aromatic heterocycles. The third kappa shape index (κ3) is 2.22. The Hall–Kier alpha value is -1.02. The summed E-state index contributed by atoms with van der Waals surface area (Å²) in [5.41, 5.74) is 2.85. The fraction of sp³-hybridized carbons (Fsp3) is 0.571. The molecule has 0 aliphatic heterocycles. The van der Waals surface area contributed by atoms with Gasteiger partial charge in [-0.15, -0.1) is 0 Å². The molecule has 1 aliphatic rings. The van der Waals surface area contributed by atoms with E-state index in [4.69, 9.17) is 4.74 Å². The van der Waals surface area contributed by atoms with Crippen molar-refractivity contribution in [3.8, 4) is 5.75 Å². The minimum Gasteiger partial charge on any atom is -0.496 e. The summed E-state index contributed by atoms with van der Waals surface area (Å²) < 4.78 is 5.44. The average Bonchev–Trinajstić information content (AvgIpc) is 2.35. The van der Waals surface area contributed by atoms with Gasteiger partial charge in [-0.2, -0.15) is 0 Å². The summed E-state index contributed by atoms with van der Waals surface area (Å²) in [7, 11) is 1.76. The quantitative estimate of drug-likeness (QED) is 0.840. The molecule has 0 heterocycles. The van der Waals surface area contributed by atoms with Crippen LogP contribution >= 0.6 is 0 Å². The molecule has 2 heteroatoms. The highest BCUT2D eigenvalue weighted by Gasteiger charge is 2.21. The Bertz CT molecular complexity index is 349. The van der Waals surface area contributed by atoms with Gasteiger partial charge in [-0.3, -0.25) is 0 Å². The van der Waals surface area contributed by atoms with Gasteiger partial charge >= 0.3 is 0 Å². The molecule has 1 atom stereocenters. The first-order valence-corrected chi connectivity index (χ1v) is 6.26. The van der Waals surface area contributed by atoms with E-state index in [0.717, 1.165) is 18.7 Å². The molecular formula is C14H21NO. The number of rotatable bonds is 4. The van der Waals surface area contributed by atoms with Gasteiger partial charge in [-0.25, -0.2) is 0 Å². The zero-order valence-corrected chi connectivity index (χ0v) is 10.3. The summed E-state index contributed by atoms with van der Waals surface area (Å²) in [4.78, 5) is 0. The zero-order valence-electron chi connectivity index (χ0n) is 10.3. The number of ether oxygens (including phenoxy) is 1. The Morgan fingerprint density at radius 3 is 3.06 bits per heavy atom. The van der Waals surface area contributed by atoms with E-state index in [1.807, 2.05) is 0 Å². The van der Waals surface area contributed by atoms with Crippen LogP contribution in [0.2, 0.25) is 0 Å². The number of methoxy groups -OCH3 is 1. The van der Waals surface area contributed by atoms with E-state index in [2.05, 4.69) is 30.4 Å². The number of nitrogens with one attached hydrogen (secondary N) is 1. The maximum absolute atomic E-state index is 5.44. The Balaban J connectivity index is 2.24. The summed E-state index contributed by atoms with van der Waals surface area (Å²) in [6, 6.07) is 6.94. The molecule has 1 unspecified atom stereocenters. The van der Waals surface area contributed by atoms with E-state index in [9.17, 15) is 0 Å². The highest BCUT2D eigenvalue weighted by atomic mass is 16.5. The summed E-state index contributed by atoms with van der Waals surface area (Å²) in [6.45, 7) is 3.31. The first kappa shape index (κ1) is 11.5. The van der Waals surface area contributed by atoms with Crippen LogP contribution in [0.15, 0.2) is 18.2 Å². The van der Waals surface area contributed by atoms with Crippen LogP contribution in [0.25, 0.3) is 0 Å². The predicted molar refractivity (Wildman–Crippen MR) is 67.0 cm³/mol. The molecule has 1 aliphatic carbocycles. The van der Waals surface area contributed by atoms with Crippen LogP contribution in [-0.2, 0) is 6.42 Å². The lowest BCUT2D eigenvalue weighted by Crippen LogP contribution is -2.26. The molecule has 0 bridgehead atoms. The van der Waals surface area contributed by atoms with Crippen molar-refractivity contribution >= 4 is 0 Å². The molecule has 2 rings (SSSR count). The molecule has 2 nitrogen and oxygen atoms in total. The van der Waals surface area contributed by atoms with Crippen LogP contribution in [0.3, 0.4) is 0 Å². The topological polar surface area (TPSA) is 21.3 Å². The molecule has 0 saturated carbocycles. The Kier molecular flexibility index (Phi) is 3.83. The average molecular weight is 219 g/mol. The van der Waals surface area contributed by atoms with Gasteiger partial charge in [0.15, 0.2) is 0 Å². The van der Waals surface area contributed by atoms with E-state index in [0.29, 0.717) is 6.04 Å². The molecule has 0 amide bonds. The number of benzene rings is 1. The minimum atomic E-state index is 0.527. The number of hydrogen-bond acceptors (Lipinski definition) is 2. The monoisotopic (exact) mass is 219 g/mol.